The second-order valence-corrected chi connectivity index (χ2v) is 4.90. The lowest BCUT2D eigenvalue weighted by Gasteiger charge is -2.42. The third-order valence-corrected chi connectivity index (χ3v) is 3.61. The highest BCUT2D eigenvalue weighted by Crippen LogP contribution is 2.18. The highest BCUT2D eigenvalue weighted by molar-refractivity contribution is 6.35. The summed E-state index contributed by atoms with van der Waals surface area (Å²) in [5.74, 6) is -0.794. The van der Waals surface area contributed by atoms with Crippen molar-refractivity contribution in [3.63, 3.8) is 0 Å². The first-order chi connectivity index (χ1) is 9.25. The van der Waals surface area contributed by atoms with Crippen molar-refractivity contribution in [1.82, 2.24) is 9.80 Å². The fraction of sp³-hybridized carbons (Fsp3) is 0.429. The summed E-state index contributed by atoms with van der Waals surface area (Å²) >= 11 is 0. The van der Waals surface area contributed by atoms with Gasteiger partial charge in [-0.25, -0.2) is 0 Å². The van der Waals surface area contributed by atoms with Gasteiger partial charge in [0.25, 0.3) is 0 Å². The van der Waals surface area contributed by atoms with Gasteiger partial charge in [-0.15, -0.1) is 0 Å². The second-order valence-electron chi connectivity index (χ2n) is 4.90. The van der Waals surface area contributed by atoms with Crippen molar-refractivity contribution in [3.8, 4) is 0 Å². The average Bonchev–Trinajstić information content (AvgIpc) is 2.46. The molecule has 0 saturated carbocycles. The Morgan fingerprint density at radius 1 is 1.16 bits per heavy atom. The van der Waals surface area contributed by atoms with Crippen molar-refractivity contribution in [2.45, 2.75) is 12.6 Å². The molecular formula is C14H16N2O3. The van der Waals surface area contributed by atoms with Crippen LogP contribution in [0.3, 0.4) is 0 Å². The van der Waals surface area contributed by atoms with E-state index in [-0.39, 0.29) is 6.04 Å². The number of ether oxygens (including phenoxy) is 1. The van der Waals surface area contributed by atoms with Gasteiger partial charge in [-0.1, -0.05) is 30.3 Å². The van der Waals surface area contributed by atoms with E-state index in [9.17, 15) is 9.59 Å². The zero-order chi connectivity index (χ0) is 13.2. The van der Waals surface area contributed by atoms with Crippen molar-refractivity contribution in [2.24, 2.45) is 0 Å². The molecule has 0 spiro atoms. The molecule has 1 atom stereocenters. The van der Waals surface area contributed by atoms with Crippen LogP contribution in [0.5, 0.6) is 0 Å². The lowest BCUT2D eigenvalue weighted by atomic mass is 10.1. The van der Waals surface area contributed by atoms with Gasteiger partial charge < -0.3 is 14.5 Å². The van der Waals surface area contributed by atoms with Crippen LogP contribution in [-0.4, -0.2) is 54.0 Å². The Bertz CT molecular complexity index is 489. The van der Waals surface area contributed by atoms with Gasteiger partial charge >= 0.3 is 11.8 Å². The number of hydrogen-bond acceptors (Lipinski definition) is 3. The van der Waals surface area contributed by atoms with Gasteiger partial charge in [-0.3, -0.25) is 9.59 Å². The van der Waals surface area contributed by atoms with E-state index in [1.165, 1.54) is 0 Å². The number of morpholine rings is 1. The van der Waals surface area contributed by atoms with E-state index in [2.05, 4.69) is 0 Å². The number of hydrogen-bond donors (Lipinski definition) is 0. The van der Waals surface area contributed by atoms with Crippen LogP contribution in [0.4, 0.5) is 0 Å². The smallest absolute Gasteiger partial charge is 0.312 e. The molecule has 0 aromatic heterocycles. The minimum Gasteiger partial charge on any atom is -0.377 e. The summed E-state index contributed by atoms with van der Waals surface area (Å²) < 4.78 is 5.39. The minimum atomic E-state index is -0.401. The highest BCUT2D eigenvalue weighted by atomic mass is 16.5. The standard InChI is InChI=1S/C14H16N2O3/c17-13-14(18)16-6-7-19-10-12(16)9-15(13)8-11-4-2-1-3-5-11/h1-5,12H,6-10H2/t12-/m0/s1. The van der Waals surface area contributed by atoms with Crippen LogP contribution in [0, 0.1) is 0 Å². The molecule has 1 aromatic rings. The largest absolute Gasteiger partial charge is 0.377 e. The molecule has 0 radical (unpaired) electrons. The maximum atomic E-state index is 12.1. The minimum absolute atomic E-state index is 0.00247. The van der Waals surface area contributed by atoms with Crippen molar-refractivity contribution in [1.29, 1.82) is 0 Å². The number of fused-ring (bicyclic) bond motifs is 1. The molecule has 100 valence electrons. The third kappa shape index (κ3) is 2.33. The molecule has 0 aliphatic carbocycles. The second kappa shape index (κ2) is 5.01. The fourth-order valence-corrected chi connectivity index (χ4v) is 2.61. The van der Waals surface area contributed by atoms with Crippen molar-refractivity contribution in [3.05, 3.63) is 35.9 Å². The molecule has 2 aliphatic heterocycles. The number of benzene rings is 1. The van der Waals surface area contributed by atoms with E-state index in [0.29, 0.717) is 32.8 Å². The molecule has 1 aromatic carbocycles. The van der Waals surface area contributed by atoms with Gasteiger partial charge in [0.2, 0.25) is 0 Å². The summed E-state index contributed by atoms with van der Waals surface area (Å²) in [6, 6.07) is 9.72. The number of rotatable bonds is 2. The molecule has 19 heavy (non-hydrogen) atoms. The Morgan fingerprint density at radius 3 is 2.74 bits per heavy atom. The quantitative estimate of drug-likeness (QED) is 0.717. The summed E-state index contributed by atoms with van der Waals surface area (Å²) in [6.07, 6.45) is 0. The van der Waals surface area contributed by atoms with Crippen LogP contribution in [0.15, 0.2) is 30.3 Å². The van der Waals surface area contributed by atoms with Gasteiger partial charge in [-0.05, 0) is 5.56 Å². The Hall–Kier alpha value is -1.88. The van der Waals surface area contributed by atoms with Crippen LogP contribution in [0.2, 0.25) is 0 Å². The van der Waals surface area contributed by atoms with Gasteiger partial charge in [0.05, 0.1) is 19.3 Å². The molecule has 2 heterocycles. The van der Waals surface area contributed by atoms with E-state index in [1.807, 2.05) is 30.3 Å². The Balaban J connectivity index is 1.75. The van der Waals surface area contributed by atoms with Gasteiger partial charge in [-0.2, -0.15) is 0 Å². The Labute approximate surface area is 111 Å². The van der Waals surface area contributed by atoms with Crippen molar-refractivity contribution < 1.29 is 14.3 Å². The highest BCUT2D eigenvalue weighted by Gasteiger charge is 2.40. The average molecular weight is 260 g/mol. The topological polar surface area (TPSA) is 49.9 Å². The summed E-state index contributed by atoms with van der Waals surface area (Å²) in [5, 5.41) is 0. The molecule has 2 aliphatic rings. The van der Waals surface area contributed by atoms with Crippen LogP contribution in [0.25, 0.3) is 0 Å². The number of nitrogens with zero attached hydrogens (tertiary/aromatic N) is 2. The summed E-state index contributed by atoms with van der Waals surface area (Å²) in [7, 11) is 0. The van der Waals surface area contributed by atoms with Crippen molar-refractivity contribution in [2.75, 3.05) is 26.3 Å². The van der Waals surface area contributed by atoms with Crippen LogP contribution in [0.1, 0.15) is 5.56 Å². The molecule has 2 saturated heterocycles. The van der Waals surface area contributed by atoms with E-state index in [1.54, 1.807) is 9.80 Å². The molecule has 5 nitrogen and oxygen atoms in total. The summed E-state index contributed by atoms with van der Waals surface area (Å²) in [6.45, 7) is 2.60. The number of carbonyl (C=O) groups is 2. The van der Waals surface area contributed by atoms with Crippen molar-refractivity contribution >= 4 is 11.8 Å². The number of piperazine rings is 1. The van der Waals surface area contributed by atoms with Crippen LogP contribution >= 0.6 is 0 Å². The Kier molecular flexibility index (Phi) is 3.21. The predicted octanol–water partition coefficient (Wildman–Crippen LogP) is 0.256. The van der Waals surface area contributed by atoms with E-state index < -0.39 is 11.8 Å². The molecular weight excluding hydrogens is 244 g/mol. The molecule has 5 heteroatoms. The summed E-state index contributed by atoms with van der Waals surface area (Å²) in [4.78, 5) is 27.4. The normalized spacial score (nSPS) is 23.5. The van der Waals surface area contributed by atoms with E-state index in [4.69, 9.17) is 4.74 Å². The van der Waals surface area contributed by atoms with Gasteiger partial charge in [0, 0.05) is 19.6 Å². The van der Waals surface area contributed by atoms with Gasteiger partial charge in [0.15, 0.2) is 0 Å². The van der Waals surface area contributed by atoms with Crippen LogP contribution in [-0.2, 0) is 20.9 Å². The number of carbonyl (C=O) groups excluding carboxylic acids is 2. The molecule has 3 rings (SSSR count). The fourth-order valence-electron chi connectivity index (χ4n) is 2.61. The molecule has 0 bridgehead atoms. The molecule has 0 N–H and O–H groups in total. The maximum absolute atomic E-state index is 12.1. The maximum Gasteiger partial charge on any atom is 0.312 e. The molecule has 0 unspecified atom stereocenters. The lowest BCUT2D eigenvalue weighted by Crippen LogP contribution is -2.63. The molecule has 2 fully saturated rings. The zero-order valence-electron chi connectivity index (χ0n) is 10.6. The first kappa shape index (κ1) is 12.2. The van der Waals surface area contributed by atoms with E-state index in [0.717, 1.165) is 5.56 Å². The third-order valence-electron chi connectivity index (χ3n) is 3.61. The lowest BCUT2D eigenvalue weighted by molar-refractivity contribution is -0.165. The zero-order valence-corrected chi connectivity index (χ0v) is 10.6. The van der Waals surface area contributed by atoms with E-state index >= 15 is 0 Å². The predicted molar refractivity (Wildman–Crippen MR) is 68.2 cm³/mol. The first-order valence-corrected chi connectivity index (χ1v) is 6.47. The molecule has 2 amide bonds. The first-order valence-electron chi connectivity index (χ1n) is 6.47. The Morgan fingerprint density at radius 2 is 1.95 bits per heavy atom. The summed E-state index contributed by atoms with van der Waals surface area (Å²) in [5.41, 5.74) is 1.04. The van der Waals surface area contributed by atoms with Crippen LogP contribution < -0.4 is 0 Å². The SMILES string of the molecule is O=C1C(=O)N2CCOC[C@@H]2CN1Cc1ccccc1. The monoisotopic (exact) mass is 260 g/mol. The number of amides is 2. The van der Waals surface area contributed by atoms with Gasteiger partial charge in [0.1, 0.15) is 0 Å².